The third kappa shape index (κ3) is 5.60. The van der Waals surface area contributed by atoms with Gasteiger partial charge in [-0.05, 0) is 17.9 Å². The SMILES string of the molecule is COCCN(Cc1ccc(B(O)O)cc1)C(C)COC. The van der Waals surface area contributed by atoms with E-state index in [1.54, 1.807) is 26.4 Å². The average Bonchev–Trinajstić information content (AvgIpc) is 2.44. The molecule has 0 bridgehead atoms. The van der Waals surface area contributed by atoms with Gasteiger partial charge in [0.25, 0.3) is 0 Å². The van der Waals surface area contributed by atoms with Crippen molar-refractivity contribution in [2.24, 2.45) is 0 Å². The standard InChI is InChI=1S/C14H24BNO4/c1-12(11-20-3)16(8-9-19-2)10-13-4-6-14(7-5-13)15(17)18/h4-7,12,17-18H,8-11H2,1-3H3. The predicted octanol–water partition coefficient (Wildman–Crippen LogP) is -0.150. The molecule has 112 valence electrons. The van der Waals surface area contributed by atoms with Crippen LogP contribution in [0.2, 0.25) is 0 Å². The molecule has 1 atom stereocenters. The number of benzene rings is 1. The van der Waals surface area contributed by atoms with E-state index in [0.29, 0.717) is 24.7 Å². The lowest BCUT2D eigenvalue weighted by molar-refractivity contribution is 0.0705. The second kappa shape index (κ2) is 9.10. The molecule has 0 aliphatic rings. The molecule has 0 aromatic heterocycles. The van der Waals surface area contributed by atoms with Crippen LogP contribution in [-0.2, 0) is 16.0 Å². The molecule has 0 heterocycles. The lowest BCUT2D eigenvalue weighted by Crippen LogP contribution is -2.38. The Morgan fingerprint density at radius 3 is 2.30 bits per heavy atom. The van der Waals surface area contributed by atoms with Crippen LogP contribution in [0, 0.1) is 0 Å². The third-order valence-electron chi connectivity index (χ3n) is 3.28. The Balaban J connectivity index is 2.67. The van der Waals surface area contributed by atoms with Crippen LogP contribution in [-0.4, -0.2) is 62.1 Å². The molecule has 0 radical (unpaired) electrons. The van der Waals surface area contributed by atoms with Gasteiger partial charge < -0.3 is 19.5 Å². The minimum atomic E-state index is -1.42. The summed E-state index contributed by atoms with van der Waals surface area (Å²) in [5.74, 6) is 0. The maximum absolute atomic E-state index is 9.08. The van der Waals surface area contributed by atoms with Crippen LogP contribution in [0.4, 0.5) is 0 Å². The second-order valence-corrected chi connectivity index (χ2v) is 4.88. The van der Waals surface area contributed by atoms with Gasteiger partial charge in [-0.2, -0.15) is 0 Å². The topological polar surface area (TPSA) is 62.2 Å². The van der Waals surface area contributed by atoms with Crippen molar-refractivity contribution in [3.05, 3.63) is 29.8 Å². The van der Waals surface area contributed by atoms with Gasteiger partial charge in [0.05, 0.1) is 13.2 Å². The summed E-state index contributed by atoms with van der Waals surface area (Å²) in [5.41, 5.74) is 1.62. The van der Waals surface area contributed by atoms with E-state index in [4.69, 9.17) is 19.5 Å². The zero-order chi connectivity index (χ0) is 15.0. The second-order valence-electron chi connectivity index (χ2n) is 4.88. The van der Waals surface area contributed by atoms with Crippen molar-refractivity contribution in [1.82, 2.24) is 4.90 Å². The van der Waals surface area contributed by atoms with E-state index in [1.165, 1.54) is 0 Å². The average molecular weight is 281 g/mol. The van der Waals surface area contributed by atoms with E-state index in [1.807, 2.05) is 12.1 Å². The van der Waals surface area contributed by atoms with Gasteiger partial charge in [0.2, 0.25) is 0 Å². The van der Waals surface area contributed by atoms with E-state index in [2.05, 4.69) is 11.8 Å². The van der Waals surface area contributed by atoms with Crippen LogP contribution in [0.15, 0.2) is 24.3 Å². The minimum absolute atomic E-state index is 0.290. The first-order valence-corrected chi connectivity index (χ1v) is 6.75. The molecule has 1 aromatic rings. The Labute approximate surface area is 121 Å². The van der Waals surface area contributed by atoms with Crippen molar-refractivity contribution in [2.45, 2.75) is 19.5 Å². The molecule has 5 nitrogen and oxygen atoms in total. The molecular formula is C14H24BNO4. The fourth-order valence-electron chi connectivity index (χ4n) is 2.04. The molecule has 1 unspecified atom stereocenters. The van der Waals surface area contributed by atoms with Crippen molar-refractivity contribution in [1.29, 1.82) is 0 Å². The molecule has 0 amide bonds. The summed E-state index contributed by atoms with van der Waals surface area (Å²) in [5, 5.41) is 18.2. The highest BCUT2D eigenvalue weighted by Crippen LogP contribution is 2.08. The van der Waals surface area contributed by atoms with Gasteiger partial charge in [-0.25, -0.2) is 0 Å². The molecule has 6 heteroatoms. The van der Waals surface area contributed by atoms with E-state index in [-0.39, 0.29) is 0 Å². The first kappa shape index (κ1) is 17.1. The van der Waals surface area contributed by atoms with Crippen LogP contribution in [0.1, 0.15) is 12.5 Å². The molecule has 0 aliphatic heterocycles. The van der Waals surface area contributed by atoms with Crippen molar-refractivity contribution in [3.8, 4) is 0 Å². The van der Waals surface area contributed by atoms with Gasteiger partial charge in [-0.3, -0.25) is 4.90 Å². The van der Waals surface area contributed by atoms with Crippen LogP contribution in [0.25, 0.3) is 0 Å². The summed E-state index contributed by atoms with van der Waals surface area (Å²) < 4.78 is 10.3. The van der Waals surface area contributed by atoms with Crippen LogP contribution >= 0.6 is 0 Å². The van der Waals surface area contributed by atoms with Gasteiger partial charge in [-0.15, -0.1) is 0 Å². The number of rotatable bonds is 9. The largest absolute Gasteiger partial charge is 0.488 e. The molecular weight excluding hydrogens is 257 g/mol. The summed E-state index contributed by atoms with van der Waals surface area (Å²) in [6.45, 7) is 5.05. The van der Waals surface area contributed by atoms with Gasteiger partial charge in [0.15, 0.2) is 0 Å². The summed E-state index contributed by atoms with van der Waals surface area (Å²) >= 11 is 0. The Morgan fingerprint density at radius 1 is 1.15 bits per heavy atom. The first-order valence-electron chi connectivity index (χ1n) is 6.75. The van der Waals surface area contributed by atoms with E-state index < -0.39 is 7.12 Å². The first-order chi connectivity index (χ1) is 9.58. The molecule has 0 saturated carbocycles. The van der Waals surface area contributed by atoms with E-state index in [9.17, 15) is 0 Å². The Morgan fingerprint density at radius 2 is 1.80 bits per heavy atom. The van der Waals surface area contributed by atoms with Crippen molar-refractivity contribution < 1.29 is 19.5 Å². The molecule has 0 spiro atoms. The molecule has 20 heavy (non-hydrogen) atoms. The van der Waals surface area contributed by atoms with Gasteiger partial charge in [0, 0.05) is 33.4 Å². The number of methoxy groups -OCH3 is 2. The van der Waals surface area contributed by atoms with Gasteiger partial charge >= 0.3 is 7.12 Å². The molecule has 0 aliphatic carbocycles. The fraction of sp³-hybridized carbons (Fsp3) is 0.571. The maximum Gasteiger partial charge on any atom is 0.488 e. The zero-order valence-electron chi connectivity index (χ0n) is 12.5. The fourth-order valence-corrected chi connectivity index (χ4v) is 2.04. The van der Waals surface area contributed by atoms with Crippen molar-refractivity contribution >= 4 is 12.6 Å². The summed E-state index contributed by atoms with van der Waals surface area (Å²) in [6.07, 6.45) is 0. The highest BCUT2D eigenvalue weighted by Gasteiger charge is 2.15. The summed E-state index contributed by atoms with van der Waals surface area (Å²) in [6, 6.07) is 7.57. The quantitative estimate of drug-likeness (QED) is 0.616. The number of hydrogen-bond acceptors (Lipinski definition) is 5. The smallest absolute Gasteiger partial charge is 0.423 e. The molecule has 1 aromatic carbocycles. The van der Waals surface area contributed by atoms with Gasteiger partial charge in [0.1, 0.15) is 0 Å². The summed E-state index contributed by atoms with van der Waals surface area (Å²) in [4.78, 5) is 2.28. The van der Waals surface area contributed by atoms with Crippen LogP contribution in [0.3, 0.4) is 0 Å². The normalized spacial score (nSPS) is 12.7. The Bertz CT molecular complexity index is 372. The lowest BCUT2D eigenvalue weighted by atomic mass is 9.80. The van der Waals surface area contributed by atoms with Crippen LogP contribution in [0.5, 0.6) is 0 Å². The molecule has 0 fully saturated rings. The highest BCUT2D eigenvalue weighted by atomic mass is 16.5. The maximum atomic E-state index is 9.08. The minimum Gasteiger partial charge on any atom is -0.423 e. The molecule has 0 saturated heterocycles. The lowest BCUT2D eigenvalue weighted by Gasteiger charge is -2.28. The summed E-state index contributed by atoms with van der Waals surface area (Å²) in [7, 11) is 1.97. The van der Waals surface area contributed by atoms with Crippen LogP contribution < -0.4 is 5.46 Å². The number of hydrogen-bond donors (Lipinski definition) is 2. The Hall–Kier alpha value is -0.915. The van der Waals surface area contributed by atoms with Crippen molar-refractivity contribution in [3.63, 3.8) is 0 Å². The predicted molar refractivity (Wildman–Crippen MR) is 79.9 cm³/mol. The zero-order valence-corrected chi connectivity index (χ0v) is 12.5. The van der Waals surface area contributed by atoms with E-state index in [0.717, 1.165) is 18.7 Å². The monoisotopic (exact) mass is 281 g/mol. The van der Waals surface area contributed by atoms with E-state index >= 15 is 0 Å². The third-order valence-corrected chi connectivity index (χ3v) is 3.28. The van der Waals surface area contributed by atoms with Gasteiger partial charge in [-0.1, -0.05) is 24.3 Å². The number of ether oxygens (including phenoxy) is 2. The van der Waals surface area contributed by atoms with Crippen molar-refractivity contribution in [2.75, 3.05) is 34.0 Å². The highest BCUT2D eigenvalue weighted by molar-refractivity contribution is 6.58. The number of nitrogens with zero attached hydrogens (tertiary/aromatic N) is 1. The Kier molecular flexibility index (Phi) is 7.80. The molecule has 2 N–H and O–H groups in total. The molecule has 1 rings (SSSR count).